The maximum Gasteiger partial charge on any atom is 0.266 e. The molecule has 0 saturated carbocycles. The Labute approximate surface area is 159 Å². The van der Waals surface area contributed by atoms with E-state index in [9.17, 15) is 13.2 Å². The summed E-state index contributed by atoms with van der Waals surface area (Å²) >= 11 is 0. The highest BCUT2D eigenvalue weighted by molar-refractivity contribution is 7.90. The van der Waals surface area contributed by atoms with Crippen molar-refractivity contribution in [3.8, 4) is 5.75 Å². The van der Waals surface area contributed by atoms with E-state index in [1.54, 1.807) is 24.1 Å². The zero-order valence-electron chi connectivity index (χ0n) is 15.6. The van der Waals surface area contributed by atoms with Crippen LogP contribution in [0.15, 0.2) is 53.4 Å². The number of hydrogen-bond acceptors (Lipinski definition) is 5. The van der Waals surface area contributed by atoms with Gasteiger partial charge in [-0.3, -0.25) is 4.79 Å². The van der Waals surface area contributed by atoms with E-state index in [4.69, 9.17) is 9.47 Å². The normalized spacial score (nSPS) is 19.7. The van der Waals surface area contributed by atoms with Gasteiger partial charge < -0.3 is 14.4 Å². The van der Waals surface area contributed by atoms with Crippen LogP contribution >= 0.6 is 0 Å². The molecule has 0 N–H and O–H groups in total. The van der Waals surface area contributed by atoms with Crippen molar-refractivity contribution in [1.82, 2.24) is 4.90 Å². The molecule has 27 heavy (non-hydrogen) atoms. The predicted octanol–water partition coefficient (Wildman–Crippen LogP) is 2.38. The summed E-state index contributed by atoms with van der Waals surface area (Å²) in [5.74, 6) is 0.228. The molecule has 0 radical (unpaired) electrons. The number of nitrogens with zero attached hydrogens (tertiary/aromatic N) is 1. The molecule has 2 aromatic rings. The minimum absolute atomic E-state index is 0.134. The topological polar surface area (TPSA) is 72.9 Å². The summed E-state index contributed by atoms with van der Waals surface area (Å²) in [5, 5.41) is 0. The standard InChI is InChI=1S/C20H23NO5S/c1-14-7-4-5-10-17(14)18-19(20(22)21(18)11-12-25-2)26-15-8-6-9-16(13-15)27(3,23)24/h4-10,13,18-19H,11-12H2,1-3H3. The second-order valence-electron chi connectivity index (χ2n) is 6.61. The fourth-order valence-corrected chi connectivity index (χ4v) is 3.90. The summed E-state index contributed by atoms with van der Waals surface area (Å²) in [6, 6.07) is 13.9. The van der Waals surface area contributed by atoms with Crippen molar-refractivity contribution in [3.63, 3.8) is 0 Å². The fourth-order valence-electron chi connectivity index (χ4n) is 3.25. The van der Waals surface area contributed by atoms with Gasteiger partial charge in [-0.1, -0.05) is 30.3 Å². The number of β-lactam (4-membered cyclic amide) rings is 1. The van der Waals surface area contributed by atoms with E-state index in [-0.39, 0.29) is 16.8 Å². The van der Waals surface area contributed by atoms with E-state index in [0.717, 1.165) is 17.4 Å². The molecule has 1 saturated heterocycles. The minimum atomic E-state index is -3.35. The van der Waals surface area contributed by atoms with Gasteiger partial charge in [0, 0.05) is 19.9 Å². The van der Waals surface area contributed by atoms with Crippen LogP contribution < -0.4 is 4.74 Å². The summed E-state index contributed by atoms with van der Waals surface area (Å²) in [7, 11) is -1.76. The van der Waals surface area contributed by atoms with Gasteiger partial charge in [0.05, 0.1) is 11.5 Å². The molecule has 1 amide bonds. The minimum Gasteiger partial charge on any atom is -0.478 e. The second-order valence-corrected chi connectivity index (χ2v) is 8.63. The largest absolute Gasteiger partial charge is 0.478 e. The molecule has 0 aromatic heterocycles. The van der Waals surface area contributed by atoms with Gasteiger partial charge in [0.15, 0.2) is 9.84 Å². The third-order valence-corrected chi connectivity index (χ3v) is 5.80. The lowest BCUT2D eigenvalue weighted by Gasteiger charge is -2.47. The third kappa shape index (κ3) is 3.99. The van der Waals surface area contributed by atoms with Crippen molar-refractivity contribution in [3.05, 3.63) is 59.7 Å². The van der Waals surface area contributed by atoms with E-state index in [2.05, 4.69) is 0 Å². The number of sulfone groups is 1. The zero-order valence-corrected chi connectivity index (χ0v) is 16.4. The fraction of sp³-hybridized carbons (Fsp3) is 0.350. The first-order valence-corrected chi connectivity index (χ1v) is 10.5. The second kappa shape index (κ2) is 7.70. The highest BCUT2D eigenvalue weighted by Crippen LogP contribution is 2.39. The van der Waals surface area contributed by atoms with Gasteiger partial charge in [0.1, 0.15) is 11.8 Å². The van der Waals surface area contributed by atoms with Crippen LogP contribution in [0.4, 0.5) is 0 Å². The zero-order chi connectivity index (χ0) is 19.6. The van der Waals surface area contributed by atoms with Crippen LogP contribution in [0.2, 0.25) is 0 Å². The number of methoxy groups -OCH3 is 1. The summed E-state index contributed by atoms with van der Waals surface area (Å²) < 4.78 is 34.6. The summed E-state index contributed by atoms with van der Waals surface area (Å²) in [5.41, 5.74) is 2.08. The number of carbonyl (C=O) groups is 1. The Morgan fingerprint density at radius 2 is 1.85 bits per heavy atom. The number of benzene rings is 2. The predicted molar refractivity (Wildman–Crippen MR) is 101 cm³/mol. The molecule has 3 rings (SSSR count). The molecular weight excluding hydrogens is 366 g/mol. The first kappa shape index (κ1) is 19.4. The number of hydrogen-bond donors (Lipinski definition) is 0. The maximum atomic E-state index is 12.7. The molecule has 144 valence electrons. The lowest BCUT2D eigenvalue weighted by Crippen LogP contribution is -2.62. The van der Waals surface area contributed by atoms with E-state index >= 15 is 0 Å². The number of aryl methyl sites for hydroxylation is 1. The van der Waals surface area contributed by atoms with Gasteiger partial charge in [-0.05, 0) is 36.2 Å². The first-order chi connectivity index (χ1) is 12.8. The quantitative estimate of drug-likeness (QED) is 0.680. The SMILES string of the molecule is COCCN1C(=O)C(Oc2cccc(S(C)(=O)=O)c2)C1c1ccccc1C. The van der Waals surface area contributed by atoms with Gasteiger partial charge in [-0.2, -0.15) is 0 Å². The van der Waals surface area contributed by atoms with Crippen LogP contribution in [0.5, 0.6) is 5.75 Å². The molecule has 0 bridgehead atoms. The van der Waals surface area contributed by atoms with Crippen LogP contribution in [-0.2, 0) is 19.4 Å². The number of rotatable bonds is 7. The lowest BCUT2D eigenvalue weighted by atomic mass is 9.88. The molecule has 2 aromatic carbocycles. The van der Waals surface area contributed by atoms with Crippen LogP contribution in [0.25, 0.3) is 0 Å². The van der Waals surface area contributed by atoms with Crippen LogP contribution in [0.1, 0.15) is 17.2 Å². The molecule has 7 heteroatoms. The van der Waals surface area contributed by atoms with Gasteiger partial charge in [0.2, 0.25) is 6.10 Å². The first-order valence-electron chi connectivity index (χ1n) is 8.64. The van der Waals surface area contributed by atoms with E-state index in [0.29, 0.717) is 18.9 Å². The van der Waals surface area contributed by atoms with Crippen molar-refractivity contribution in [1.29, 1.82) is 0 Å². The van der Waals surface area contributed by atoms with Crippen LogP contribution in [-0.4, -0.2) is 51.8 Å². The smallest absolute Gasteiger partial charge is 0.266 e. The number of carbonyl (C=O) groups excluding carboxylic acids is 1. The van der Waals surface area contributed by atoms with E-state index in [1.165, 1.54) is 12.1 Å². The van der Waals surface area contributed by atoms with Crippen molar-refractivity contribution in [2.24, 2.45) is 0 Å². The Bertz CT molecular complexity index is 941. The van der Waals surface area contributed by atoms with Gasteiger partial charge in [-0.15, -0.1) is 0 Å². The Morgan fingerprint density at radius 3 is 2.52 bits per heavy atom. The average molecular weight is 389 g/mol. The molecule has 1 heterocycles. The highest BCUT2D eigenvalue weighted by atomic mass is 32.2. The molecular formula is C20H23NO5S. The number of ether oxygens (including phenoxy) is 2. The summed E-state index contributed by atoms with van der Waals surface area (Å²) in [4.78, 5) is 14.6. The molecule has 1 aliphatic heterocycles. The van der Waals surface area contributed by atoms with Crippen molar-refractivity contribution >= 4 is 15.7 Å². The van der Waals surface area contributed by atoms with E-state index in [1.807, 2.05) is 31.2 Å². The Morgan fingerprint density at radius 1 is 1.11 bits per heavy atom. The van der Waals surface area contributed by atoms with Crippen molar-refractivity contribution < 1.29 is 22.7 Å². The molecule has 0 aliphatic carbocycles. The highest BCUT2D eigenvalue weighted by Gasteiger charge is 2.50. The summed E-state index contributed by atoms with van der Waals surface area (Å²) in [6.45, 7) is 2.90. The average Bonchev–Trinajstić information content (AvgIpc) is 2.64. The van der Waals surface area contributed by atoms with Gasteiger partial charge >= 0.3 is 0 Å². The van der Waals surface area contributed by atoms with Crippen molar-refractivity contribution in [2.45, 2.75) is 24.0 Å². The van der Waals surface area contributed by atoms with Crippen LogP contribution in [0.3, 0.4) is 0 Å². The Hall–Kier alpha value is -2.38. The Kier molecular flexibility index (Phi) is 5.53. The van der Waals surface area contributed by atoms with Gasteiger partial charge in [-0.25, -0.2) is 8.42 Å². The molecule has 1 aliphatic rings. The number of amides is 1. The van der Waals surface area contributed by atoms with Crippen molar-refractivity contribution in [2.75, 3.05) is 26.5 Å². The molecule has 1 fully saturated rings. The van der Waals surface area contributed by atoms with Crippen LogP contribution in [0, 0.1) is 6.92 Å². The maximum absolute atomic E-state index is 12.7. The van der Waals surface area contributed by atoms with Gasteiger partial charge in [0.25, 0.3) is 5.91 Å². The third-order valence-electron chi connectivity index (χ3n) is 4.69. The monoisotopic (exact) mass is 389 g/mol. The number of likely N-dealkylation sites (tertiary alicyclic amines) is 1. The van der Waals surface area contributed by atoms with E-state index < -0.39 is 15.9 Å². The molecule has 2 atom stereocenters. The summed E-state index contributed by atoms with van der Waals surface area (Å²) in [6.07, 6.45) is 0.446. The lowest BCUT2D eigenvalue weighted by molar-refractivity contribution is -0.165. The molecule has 0 spiro atoms. The molecule has 2 unspecified atom stereocenters. The Balaban J connectivity index is 1.89. The molecule has 6 nitrogen and oxygen atoms in total.